The van der Waals surface area contributed by atoms with Crippen LogP contribution in [0.1, 0.15) is 43.7 Å². The van der Waals surface area contributed by atoms with Gasteiger partial charge in [-0.05, 0) is 277 Å². The smallest absolute Gasteiger partial charge is 0.159 e. The van der Waals surface area contributed by atoms with Gasteiger partial charge in [-0.3, -0.25) is 0 Å². The normalized spacial score (nSPS) is 16.7. The van der Waals surface area contributed by atoms with Crippen molar-refractivity contribution in [2.75, 3.05) is 19.6 Å². The van der Waals surface area contributed by atoms with Crippen LogP contribution in [-0.2, 0) is 12.8 Å². The number of nitrogens with zero attached hydrogens (tertiary/aromatic N) is 4. The predicted molar refractivity (Wildman–Crippen MR) is 627 cm³/mol. The van der Waals surface area contributed by atoms with Crippen LogP contribution in [-0.4, -0.2) is 0 Å². The summed E-state index contributed by atoms with van der Waals surface area (Å²) in [6, 6.07) is 168. The lowest BCUT2D eigenvalue weighted by atomic mass is 9.54. The van der Waals surface area contributed by atoms with E-state index < -0.39 is 0 Å². The van der Waals surface area contributed by atoms with Gasteiger partial charge < -0.3 is 37.3 Å². The third-order valence-corrected chi connectivity index (χ3v) is 36.7. The Morgan fingerprint density at radius 2 is 0.584 bits per heavy atom. The molecule has 6 aromatic heterocycles. The van der Waals surface area contributed by atoms with Gasteiger partial charge in [-0.25, -0.2) is 0 Å². The number of thiophene rings is 2. The number of para-hydroxylation sites is 8. The van der Waals surface area contributed by atoms with Crippen molar-refractivity contribution in [1.29, 1.82) is 0 Å². The number of rotatable bonds is 14. The maximum atomic E-state index is 6.92. The molecule has 33 rings (SSSR count). The van der Waals surface area contributed by atoms with Crippen LogP contribution in [0.25, 0.3) is 204 Å². The molecule has 4 unspecified atom stereocenters. The SMILES string of the molecule is CC12Cc3c(cccc3N(c3ccc4c(c3)sc3c5ccc(N(c6ccc7ccccc7c6)c6cccc7c6oc6ccccc67)cc5c5ccccc5c43)c3cccc4c3oc3ccccc34)CC13CCC1(CC12)C3.c1ccc(-c2ccc(N(c3ccc4c(c3)sc3c5ccc(N(c6ccc(-c7ccccc7)cc6)c6cccc7c6oc6ccccc67)cc5c5ccccc5c43)c3cccc4c3oc3ccccc34)cc2)cc1. The molecule has 3 fully saturated rings. The average molecular weight is 1950 g/mol. The molecule has 6 heterocycles. The highest BCUT2D eigenvalue weighted by Crippen LogP contribution is 2.87. The number of benzene rings is 23. The zero-order chi connectivity index (χ0) is 97.6. The largest absolute Gasteiger partial charge is 0.454 e. The van der Waals surface area contributed by atoms with Gasteiger partial charge in [0.1, 0.15) is 22.3 Å². The van der Waals surface area contributed by atoms with Crippen molar-refractivity contribution in [1.82, 2.24) is 0 Å². The molecule has 0 radical (unpaired) electrons. The Balaban J connectivity index is 0.000000132. The first-order valence-electron chi connectivity index (χ1n) is 52.0. The third-order valence-electron chi connectivity index (χ3n) is 34.3. The summed E-state index contributed by atoms with van der Waals surface area (Å²) in [5.41, 5.74) is 29.1. The number of furan rings is 4. The van der Waals surface area contributed by atoms with E-state index in [1.807, 2.05) is 34.8 Å². The first kappa shape index (κ1) is 84.5. The highest BCUT2D eigenvalue weighted by Gasteiger charge is 2.79. The molecule has 23 aromatic carbocycles. The minimum absolute atomic E-state index is 0.329. The maximum Gasteiger partial charge on any atom is 0.159 e. The van der Waals surface area contributed by atoms with Crippen molar-refractivity contribution >= 4 is 273 Å². The molecular formula is C139H92N4O4S2. The number of fused-ring (bicyclic) bond motifs is 31. The molecule has 10 heteroatoms. The van der Waals surface area contributed by atoms with Crippen LogP contribution in [0, 0.1) is 22.2 Å². The Morgan fingerprint density at radius 3 is 1.05 bits per heavy atom. The minimum atomic E-state index is 0.329. The zero-order valence-corrected chi connectivity index (χ0v) is 83.1. The number of hydrogen-bond donors (Lipinski definition) is 0. The van der Waals surface area contributed by atoms with Crippen LogP contribution in [0.4, 0.5) is 68.2 Å². The molecule has 0 N–H and O–H groups in total. The Labute approximate surface area is 865 Å². The zero-order valence-electron chi connectivity index (χ0n) is 81.4. The van der Waals surface area contributed by atoms with Gasteiger partial charge in [-0.15, -0.1) is 22.7 Å². The number of hydrogen-bond acceptors (Lipinski definition) is 10. The Morgan fingerprint density at radius 1 is 0.242 bits per heavy atom. The quantitative estimate of drug-likeness (QED) is 0.0998. The first-order valence-corrected chi connectivity index (χ1v) is 53.6. The van der Waals surface area contributed by atoms with Gasteiger partial charge >= 0.3 is 0 Å². The lowest BCUT2D eigenvalue weighted by Gasteiger charge is -2.51. The van der Waals surface area contributed by atoms with Gasteiger partial charge in [-0.2, -0.15) is 0 Å². The molecule has 149 heavy (non-hydrogen) atoms. The maximum absolute atomic E-state index is 6.92. The van der Waals surface area contributed by atoms with Gasteiger partial charge in [0.25, 0.3) is 0 Å². The van der Waals surface area contributed by atoms with E-state index in [1.54, 1.807) is 5.56 Å². The van der Waals surface area contributed by atoms with E-state index in [0.29, 0.717) is 16.2 Å². The van der Waals surface area contributed by atoms with Gasteiger partial charge in [0.05, 0.1) is 22.7 Å². The summed E-state index contributed by atoms with van der Waals surface area (Å²) < 4.78 is 32.2. The van der Waals surface area contributed by atoms with Crippen LogP contribution in [0.5, 0.6) is 0 Å². The lowest BCUT2D eigenvalue weighted by Crippen LogP contribution is -2.45. The summed E-state index contributed by atoms with van der Waals surface area (Å²) >= 11 is 3.79. The summed E-state index contributed by atoms with van der Waals surface area (Å²) in [4.78, 5) is 9.68. The molecule has 4 atom stereocenters. The number of anilines is 12. The van der Waals surface area contributed by atoms with E-state index in [9.17, 15) is 0 Å². The molecule has 2 bridgehead atoms. The summed E-state index contributed by atoms with van der Waals surface area (Å²) in [6.45, 7) is 2.68. The van der Waals surface area contributed by atoms with E-state index in [-0.39, 0.29) is 0 Å². The van der Waals surface area contributed by atoms with Gasteiger partial charge in [0, 0.05) is 140 Å². The van der Waals surface area contributed by atoms with Crippen LogP contribution < -0.4 is 19.6 Å². The van der Waals surface area contributed by atoms with Gasteiger partial charge in [0.15, 0.2) is 22.3 Å². The van der Waals surface area contributed by atoms with E-state index in [1.165, 1.54) is 160 Å². The average Bonchev–Trinajstić information content (AvgIpc) is 1.46. The predicted octanol–water partition coefficient (Wildman–Crippen LogP) is 41.0. The molecule has 704 valence electrons. The van der Waals surface area contributed by atoms with Crippen molar-refractivity contribution in [2.45, 2.75) is 45.4 Å². The van der Waals surface area contributed by atoms with Crippen LogP contribution in [0.2, 0.25) is 0 Å². The standard InChI is InChI=1S/C71H50N2O2S.C68H42N2O2S/c1-69-39-57-44(38-71(69)34-33-70(41-71)40-64(69)70)15-10-22-58(57)73(60-24-12-21-53-50-18-7-9-26-62(50)75-67(53)60)47-30-32-55-63(37-47)76-68-54-31-29-46(36-56(54)48-16-4-5-19-51(48)65(55)68)72(45-28-27-42-13-2-3-14-43(42)35-45)59-23-11-20-52-49-17-6-8-25-61(49)74-66(52)59;1-3-15-43(16-4-1)45-29-33-47(34-30-45)69(60-25-13-23-55-52-20-9-11-27-62(52)71-66(55)60)49-37-39-57-59(41-49)51-19-7-8-22-54(51)65-58-40-38-50(42-64(58)73-68(57)65)70(48-35-31-46(32-36-48)44-17-5-2-6-18-44)61-26-14-24-56-53-21-10-12-28-63(53)72-67(56)61/h2-32,35-37,64H,33-34,38-41H2,1H3;1-42H. The molecule has 0 saturated heterocycles. The molecule has 8 nitrogen and oxygen atoms in total. The van der Waals surface area contributed by atoms with Crippen LogP contribution >= 0.6 is 22.7 Å². The lowest BCUT2D eigenvalue weighted by molar-refractivity contribution is 0.0396. The van der Waals surface area contributed by atoms with Crippen molar-refractivity contribution in [3.63, 3.8) is 0 Å². The Bertz CT molecular complexity index is 10700. The second-order valence-electron chi connectivity index (χ2n) is 42.0. The molecule has 4 aliphatic rings. The monoisotopic (exact) mass is 1940 g/mol. The van der Waals surface area contributed by atoms with E-state index >= 15 is 0 Å². The highest BCUT2D eigenvalue weighted by molar-refractivity contribution is 7.27. The Hall–Kier alpha value is -17.8. The topological polar surface area (TPSA) is 65.5 Å². The molecular weight excluding hydrogens is 1850 g/mol. The molecule has 3 saturated carbocycles. The molecule has 2 spiro atoms. The minimum Gasteiger partial charge on any atom is -0.454 e. The molecule has 4 aliphatic carbocycles. The van der Waals surface area contributed by atoms with E-state index in [0.717, 1.165) is 163 Å². The third kappa shape index (κ3) is 12.8. The van der Waals surface area contributed by atoms with Crippen molar-refractivity contribution in [2.24, 2.45) is 22.2 Å². The first-order chi connectivity index (χ1) is 73.6. The highest BCUT2D eigenvalue weighted by atomic mass is 32.1. The Kier molecular flexibility index (Phi) is 18.4. The van der Waals surface area contributed by atoms with E-state index in [2.05, 4.69) is 475 Å². The second kappa shape index (κ2) is 32.3. The van der Waals surface area contributed by atoms with Crippen LogP contribution in [0.3, 0.4) is 0 Å². The van der Waals surface area contributed by atoms with Crippen molar-refractivity contribution in [3.8, 4) is 22.3 Å². The summed E-state index contributed by atoms with van der Waals surface area (Å²) in [5.74, 6) is 0.852. The molecule has 0 amide bonds. The van der Waals surface area contributed by atoms with Crippen molar-refractivity contribution < 1.29 is 17.7 Å². The fourth-order valence-electron chi connectivity index (χ4n) is 27.4. The van der Waals surface area contributed by atoms with E-state index in [4.69, 9.17) is 17.7 Å². The molecule has 0 aliphatic heterocycles. The fourth-order valence-corrected chi connectivity index (χ4v) is 30.0. The second-order valence-corrected chi connectivity index (χ2v) is 44.1. The summed E-state index contributed by atoms with van der Waals surface area (Å²) in [5, 5.41) is 26.3. The van der Waals surface area contributed by atoms with Gasteiger partial charge in [-0.1, -0.05) is 328 Å². The summed E-state index contributed by atoms with van der Waals surface area (Å²) in [6.07, 6.45) is 8.02. The van der Waals surface area contributed by atoms with Crippen LogP contribution in [0.15, 0.2) is 479 Å². The van der Waals surface area contributed by atoms with Crippen molar-refractivity contribution in [3.05, 3.63) is 472 Å². The molecule has 29 aromatic rings. The van der Waals surface area contributed by atoms with Gasteiger partial charge in [0.2, 0.25) is 0 Å². The fraction of sp³-hybridized carbons (Fsp3) is 0.0791. The summed E-state index contributed by atoms with van der Waals surface area (Å²) in [7, 11) is 0.